The van der Waals surface area contributed by atoms with Crippen LogP contribution in [0.2, 0.25) is 5.15 Å². The van der Waals surface area contributed by atoms with Crippen molar-refractivity contribution in [3.8, 4) is 11.1 Å². The number of pyridine rings is 1. The fourth-order valence-electron chi connectivity index (χ4n) is 2.47. The van der Waals surface area contributed by atoms with Gasteiger partial charge in [-0.15, -0.1) is 0 Å². The average molecular weight is 387 g/mol. The summed E-state index contributed by atoms with van der Waals surface area (Å²) in [6, 6.07) is 9.40. The molecule has 0 fully saturated rings. The van der Waals surface area contributed by atoms with Crippen LogP contribution in [-0.2, 0) is 4.79 Å². The molecule has 1 heterocycles. The highest BCUT2D eigenvalue weighted by molar-refractivity contribution is 6.29. The van der Waals surface area contributed by atoms with E-state index in [0.29, 0.717) is 10.7 Å². The monoisotopic (exact) mass is 386 g/mol. The van der Waals surface area contributed by atoms with Gasteiger partial charge in [-0.05, 0) is 42.2 Å². The van der Waals surface area contributed by atoms with E-state index < -0.39 is 17.9 Å². The Bertz CT molecular complexity index is 885. The Morgan fingerprint density at radius 1 is 1.22 bits per heavy atom. The summed E-state index contributed by atoms with van der Waals surface area (Å²) in [5.41, 5.74) is 2.60. The third kappa shape index (κ3) is 5.93. The van der Waals surface area contributed by atoms with Crippen molar-refractivity contribution in [3.63, 3.8) is 0 Å². The molecule has 1 aromatic heterocycles. The predicted octanol–water partition coefficient (Wildman–Crippen LogP) is 4.50. The second-order valence-corrected chi connectivity index (χ2v) is 7.75. The number of rotatable bonds is 5. The van der Waals surface area contributed by atoms with Crippen LogP contribution in [0.3, 0.4) is 0 Å². The van der Waals surface area contributed by atoms with Gasteiger partial charge < -0.3 is 10.4 Å². The number of halogens is 1. The largest absolute Gasteiger partial charge is 0.479 e. The van der Waals surface area contributed by atoms with Gasteiger partial charge in [0, 0.05) is 16.8 Å². The van der Waals surface area contributed by atoms with Gasteiger partial charge in [-0.2, -0.15) is 0 Å². The predicted molar refractivity (Wildman–Crippen MR) is 107 cm³/mol. The van der Waals surface area contributed by atoms with E-state index in [-0.39, 0.29) is 5.41 Å². The number of aryl methyl sites for hydroxylation is 1. The van der Waals surface area contributed by atoms with Crippen molar-refractivity contribution in [3.05, 3.63) is 65.0 Å². The van der Waals surface area contributed by atoms with Crippen molar-refractivity contribution in [2.75, 3.05) is 0 Å². The number of aliphatic carboxylic acids is 1. The molecule has 0 saturated carbocycles. The summed E-state index contributed by atoms with van der Waals surface area (Å²) in [6.07, 6.45) is 3.27. The Kier molecular flexibility index (Phi) is 6.39. The van der Waals surface area contributed by atoms with E-state index in [4.69, 9.17) is 11.6 Å². The number of nitrogens with one attached hydrogen (secondary N) is 1. The zero-order valence-electron chi connectivity index (χ0n) is 15.8. The minimum Gasteiger partial charge on any atom is -0.479 e. The third-order valence-electron chi connectivity index (χ3n) is 3.83. The summed E-state index contributed by atoms with van der Waals surface area (Å²) in [5.74, 6) is -1.57. The van der Waals surface area contributed by atoms with E-state index in [1.807, 2.05) is 39.8 Å². The number of nitrogens with zero attached hydrogens (tertiary/aromatic N) is 1. The molecule has 0 aliphatic carbocycles. The van der Waals surface area contributed by atoms with Crippen molar-refractivity contribution in [2.24, 2.45) is 5.41 Å². The number of hydrogen-bond donors (Lipinski definition) is 2. The minimum atomic E-state index is -1.11. The molecule has 0 spiro atoms. The third-order valence-corrected chi connectivity index (χ3v) is 4.04. The van der Waals surface area contributed by atoms with Gasteiger partial charge in [-0.25, -0.2) is 9.78 Å². The van der Waals surface area contributed by atoms with Gasteiger partial charge in [0.05, 0.1) is 0 Å². The molecular weight excluding hydrogens is 364 g/mol. The summed E-state index contributed by atoms with van der Waals surface area (Å²) < 4.78 is 0. The number of amides is 1. The maximum atomic E-state index is 12.6. The second kappa shape index (κ2) is 8.35. The van der Waals surface area contributed by atoms with Gasteiger partial charge in [0.1, 0.15) is 11.2 Å². The highest BCUT2D eigenvalue weighted by Gasteiger charge is 2.19. The molecule has 27 heavy (non-hydrogen) atoms. The molecule has 2 N–H and O–H groups in total. The van der Waals surface area contributed by atoms with Crippen LogP contribution in [0.25, 0.3) is 11.1 Å². The number of aromatic nitrogens is 1. The van der Waals surface area contributed by atoms with Gasteiger partial charge in [0.2, 0.25) is 0 Å². The first-order valence-electron chi connectivity index (χ1n) is 8.53. The number of carbonyl (C=O) groups excluding carboxylic acids is 1. The highest BCUT2D eigenvalue weighted by atomic mass is 35.5. The molecule has 0 radical (unpaired) electrons. The fraction of sp³-hybridized carbons (Fsp3) is 0.286. The molecular formula is C21H23ClN2O3. The molecule has 0 saturated heterocycles. The van der Waals surface area contributed by atoms with Gasteiger partial charge in [0.15, 0.2) is 0 Å². The number of carbonyl (C=O) groups is 2. The topological polar surface area (TPSA) is 79.3 Å². The number of hydrogen-bond acceptors (Lipinski definition) is 3. The molecule has 2 rings (SSSR count). The van der Waals surface area contributed by atoms with Gasteiger partial charge in [-0.3, -0.25) is 4.79 Å². The standard InChI is InChI=1S/C21H23ClN2O3/c1-13-16(8-9-18(22)23-13)14-6-5-7-15(12-14)19(25)24-17(20(26)27)10-11-21(2,3)4/h5-12,17H,1-4H3,(H,24,25)(H,26,27)/b11-10+/t17-/m1/s1. The molecule has 2 aromatic rings. The van der Waals surface area contributed by atoms with Crippen LogP contribution in [0.4, 0.5) is 0 Å². The fourth-order valence-corrected chi connectivity index (χ4v) is 2.65. The van der Waals surface area contributed by atoms with E-state index in [1.165, 1.54) is 6.08 Å². The summed E-state index contributed by atoms with van der Waals surface area (Å²) in [6.45, 7) is 7.70. The maximum Gasteiger partial charge on any atom is 0.330 e. The molecule has 0 bridgehead atoms. The molecule has 0 aliphatic heterocycles. The normalized spacial score (nSPS) is 12.8. The first-order chi connectivity index (χ1) is 12.6. The molecule has 6 heteroatoms. The minimum absolute atomic E-state index is 0.183. The summed E-state index contributed by atoms with van der Waals surface area (Å²) in [4.78, 5) is 28.2. The van der Waals surface area contributed by atoms with Crippen LogP contribution in [0.5, 0.6) is 0 Å². The van der Waals surface area contributed by atoms with E-state index >= 15 is 0 Å². The lowest BCUT2D eigenvalue weighted by Crippen LogP contribution is -2.39. The van der Waals surface area contributed by atoms with Gasteiger partial charge in [0.25, 0.3) is 5.91 Å². The summed E-state index contributed by atoms with van der Waals surface area (Å²) >= 11 is 5.90. The Morgan fingerprint density at radius 3 is 2.52 bits per heavy atom. The smallest absolute Gasteiger partial charge is 0.330 e. The Morgan fingerprint density at radius 2 is 1.93 bits per heavy atom. The zero-order chi connectivity index (χ0) is 20.2. The van der Waals surface area contributed by atoms with E-state index in [1.54, 1.807) is 30.3 Å². The summed E-state index contributed by atoms with van der Waals surface area (Å²) in [7, 11) is 0. The van der Waals surface area contributed by atoms with Crippen molar-refractivity contribution in [1.29, 1.82) is 0 Å². The second-order valence-electron chi connectivity index (χ2n) is 7.36. The number of carboxylic acids is 1. The van der Waals surface area contributed by atoms with Crippen LogP contribution >= 0.6 is 11.6 Å². The molecule has 1 aromatic carbocycles. The van der Waals surface area contributed by atoms with E-state index in [9.17, 15) is 14.7 Å². The zero-order valence-corrected chi connectivity index (χ0v) is 16.5. The molecule has 0 aliphatic rings. The first kappa shape index (κ1) is 20.6. The van der Waals surface area contributed by atoms with Crippen LogP contribution in [0.1, 0.15) is 36.8 Å². The van der Waals surface area contributed by atoms with Crippen LogP contribution < -0.4 is 5.32 Å². The lowest BCUT2D eigenvalue weighted by Gasteiger charge is -2.15. The molecule has 5 nitrogen and oxygen atoms in total. The van der Waals surface area contributed by atoms with Crippen LogP contribution in [0, 0.1) is 12.3 Å². The van der Waals surface area contributed by atoms with Crippen molar-refractivity contribution < 1.29 is 14.7 Å². The number of allylic oxidation sites excluding steroid dienone is 1. The molecule has 1 amide bonds. The van der Waals surface area contributed by atoms with Crippen molar-refractivity contribution in [1.82, 2.24) is 10.3 Å². The average Bonchev–Trinajstić information content (AvgIpc) is 2.57. The SMILES string of the molecule is Cc1nc(Cl)ccc1-c1cccc(C(=O)N[C@H](/C=C/C(C)(C)C)C(=O)O)c1. The van der Waals surface area contributed by atoms with E-state index in [2.05, 4.69) is 10.3 Å². The highest BCUT2D eigenvalue weighted by Crippen LogP contribution is 2.24. The van der Waals surface area contributed by atoms with Gasteiger partial charge in [-0.1, -0.05) is 56.7 Å². The Labute approximate surface area is 164 Å². The van der Waals surface area contributed by atoms with Crippen molar-refractivity contribution in [2.45, 2.75) is 33.7 Å². The lowest BCUT2D eigenvalue weighted by molar-refractivity contribution is -0.137. The number of carboxylic acid groups (broad SMARTS) is 1. The Balaban J connectivity index is 2.26. The van der Waals surface area contributed by atoms with Crippen molar-refractivity contribution >= 4 is 23.5 Å². The Hall–Kier alpha value is -2.66. The van der Waals surface area contributed by atoms with Crippen LogP contribution in [-0.4, -0.2) is 28.0 Å². The van der Waals surface area contributed by atoms with Gasteiger partial charge >= 0.3 is 5.97 Å². The molecule has 0 unspecified atom stereocenters. The molecule has 1 atom stereocenters. The van der Waals surface area contributed by atoms with Crippen LogP contribution in [0.15, 0.2) is 48.6 Å². The number of benzene rings is 1. The summed E-state index contributed by atoms with van der Waals surface area (Å²) in [5, 5.41) is 12.3. The quantitative estimate of drug-likeness (QED) is 0.585. The molecule has 142 valence electrons. The first-order valence-corrected chi connectivity index (χ1v) is 8.91. The lowest BCUT2D eigenvalue weighted by atomic mass is 9.95. The van der Waals surface area contributed by atoms with E-state index in [0.717, 1.165) is 16.8 Å². The maximum absolute atomic E-state index is 12.6.